The van der Waals surface area contributed by atoms with Crippen LogP contribution in [0.5, 0.6) is 11.5 Å². The normalized spacial score (nSPS) is 18.0. The molecule has 2 saturated carbocycles. The smallest absolute Gasteiger partial charge is 0.408 e. The third-order valence-electron chi connectivity index (χ3n) is 7.98. The van der Waals surface area contributed by atoms with E-state index in [1.807, 2.05) is 4.90 Å². The zero-order valence-electron chi connectivity index (χ0n) is 26.2. The lowest BCUT2D eigenvalue weighted by molar-refractivity contribution is -0.133. The van der Waals surface area contributed by atoms with Crippen molar-refractivity contribution in [2.75, 3.05) is 26.2 Å². The number of hydrogen-bond donors (Lipinski definition) is 2. The number of likely N-dealkylation sites (tertiary alicyclic amines) is 1. The number of benzene rings is 1. The molecular weight excluding hydrogens is 590 g/mol. The van der Waals surface area contributed by atoms with Crippen LogP contribution in [0.2, 0.25) is 0 Å². The number of nitrogens with one attached hydrogen (secondary N) is 2. The number of ether oxygens (including phenoxy) is 3. The van der Waals surface area contributed by atoms with E-state index < -0.39 is 30.3 Å². The van der Waals surface area contributed by atoms with Crippen LogP contribution in [0, 0.1) is 17.8 Å². The highest BCUT2D eigenvalue weighted by Crippen LogP contribution is 2.37. The van der Waals surface area contributed by atoms with Gasteiger partial charge in [-0.25, -0.2) is 9.78 Å². The minimum atomic E-state index is -3.03. The molecule has 1 saturated heterocycles. The Kier molecular flexibility index (Phi) is 9.83. The third kappa shape index (κ3) is 9.07. The van der Waals surface area contributed by atoms with Crippen molar-refractivity contribution in [3.05, 3.63) is 29.7 Å². The molecular formula is C32H42F2N4O7. The van der Waals surface area contributed by atoms with Crippen molar-refractivity contribution in [1.29, 1.82) is 0 Å². The highest BCUT2D eigenvalue weighted by atomic mass is 19.3. The van der Waals surface area contributed by atoms with Crippen LogP contribution in [0.3, 0.4) is 0 Å². The van der Waals surface area contributed by atoms with Gasteiger partial charge in [-0.15, -0.1) is 0 Å². The Morgan fingerprint density at radius 2 is 1.76 bits per heavy atom. The second-order valence-electron chi connectivity index (χ2n) is 13.1. The van der Waals surface area contributed by atoms with Crippen LogP contribution in [0.1, 0.15) is 88.5 Å². The summed E-state index contributed by atoms with van der Waals surface area (Å²) in [5.74, 6) is 0.620. The van der Waals surface area contributed by atoms with E-state index in [0.29, 0.717) is 37.7 Å². The van der Waals surface area contributed by atoms with Crippen molar-refractivity contribution < 1.29 is 41.8 Å². The van der Waals surface area contributed by atoms with Gasteiger partial charge in [0.2, 0.25) is 11.8 Å². The van der Waals surface area contributed by atoms with Gasteiger partial charge in [0.25, 0.3) is 5.91 Å². The largest absolute Gasteiger partial charge is 0.489 e. The van der Waals surface area contributed by atoms with Crippen molar-refractivity contribution >= 4 is 17.9 Å². The number of hydrogen-bond acceptors (Lipinski definition) is 8. The van der Waals surface area contributed by atoms with Crippen LogP contribution in [-0.2, 0) is 9.53 Å². The Morgan fingerprint density at radius 3 is 2.38 bits per heavy atom. The number of halogens is 2. The number of carbonyl (C=O) groups excluding carboxylic acids is 3. The fraction of sp³-hybridized carbons (Fsp3) is 0.625. The predicted octanol–water partition coefficient (Wildman–Crippen LogP) is 5.70. The fourth-order valence-electron chi connectivity index (χ4n) is 5.17. The lowest BCUT2D eigenvalue weighted by atomic mass is 9.96. The number of alkyl carbamates (subject to hydrolysis) is 1. The summed E-state index contributed by atoms with van der Waals surface area (Å²) in [7, 11) is 0. The molecule has 2 N–H and O–H groups in total. The number of alkyl halides is 2. The summed E-state index contributed by atoms with van der Waals surface area (Å²) in [6, 6.07) is 3.52. The van der Waals surface area contributed by atoms with Crippen LogP contribution >= 0.6 is 0 Å². The first-order valence-corrected chi connectivity index (χ1v) is 15.7. The first-order valence-electron chi connectivity index (χ1n) is 15.7. The van der Waals surface area contributed by atoms with E-state index in [1.165, 1.54) is 18.2 Å². The van der Waals surface area contributed by atoms with Gasteiger partial charge in [0.05, 0.1) is 12.6 Å². The molecule has 1 atom stereocenters. The molecule has 1 unspecified atom stereocenters. The standard InChI is InChI=1S/C32H42F2N4O7/c1-18(36-31(41)45-32(2,3)4)26-25(27(39)35-16-19-11-13-38(14-12-19)29(40)21-7-8-21)37-28(44-26)22-9-10-23(43-30(33)34)24(15-22)42-17-20-5-6-20/h9-10,15,18-21,30H,5-8,11-14,16-17H2,1-4H3,(H,35,39)(H,36,41). The van der Waals surface area contributed by atoms with Gasteiger partial charge in [0.1, 0.15) is 5.60 Å². The zero-order chi connectivity index (χ0) is 32.3. The molecule has 0 bridgehead atoms. The topological polar surface area (TPSA) is 132 Å². The minimum absolute atomic E-state index is 0.0248. The second-order valence-corrected chi connectivity index (χ2v) is 13.1. The highest BCUT2D eigenvalue weighted by Gasteiger charge is 2.35. The molecule has 3 fully saturated rings. The van der Waals surface area contributed by atoms with E-state index in [2.05, 4.69) is 20.4 Å². The van der Waals surface area contributed by atoms with E-state index in [1.54, 1.807) is 27.7 Å². The van der Waals surface area contributed by atoms with Gasteiger partial charge in [0, 0.05) is 31.1 Å². The molecule has 2 heterocycles. The van der Waals surface area contributed by atoms with Gasteiger partial charge in [-0.05, 0) is 96.3 Å². The van der Waals surface area contributed by atoms with Crippen molar-refractivity contribution in [3.63, 3.8) is 0 Å². The minimum Gasteiger partial charge on any atom is -0.489 e. The van der Waals surface area contributed by atoms with Crippen molar-refractivity contribution in [2.24, 2.45) is 17.8 Å². The van der Waals surface area contributed by atoms with E-state index in [9.17, 15) is 23.2 Å². The van der Waals surface area contributed by atoms with Gasteiger partial charge >= 0.3 is 12.7 Å². The molecule has 3 amide bonds. The maximum absolute atomic E-state index is 13.5. The molecule has 1 aromatic heterocycles. The quantitative estimate of drug-likeness (QED) is 0.305. The van der Waals surface area contributed by atoms with Gasteiger partial charge in [-0.1, -0.05) is 0 Å². The maximum Gasteiger partial charge on any atom is 0.408 e. The molecule has 45 heavy (non-hydrogen) atoms. The number of amides is 3. The molecule has 0 spiro atoms. The first kappa shape index (κ1) is 32.5. The van der Waals surface area contributed by atoms with Crippen LogP contribution < -0.4 is 20.1 Å². The van der Waals surface area contributed by atoms with Crippen LogP contribution in [0.15, 0.2) is 22.6 Å². The SMILES string of the molecule is CC(NC(=O)OC(C)(C)C)c1oc(-c2ccc(OC(F)F)c(OCC3CC3)c2)nc1C(=O)NCC1CCN(C(=O)C2CC2)CC1. The molecule has 1 aliphatic heterocycles. The number of oxazole rings is 1. The number of nitrogens with zero attached hydrogens (tertiary/aromatic N) is 2. The van der Waals surface area contributed by atoms with Crippen LogP contribution in [0.25, 0.3) is 11.5 Å². The number of aromatic nitrogens is 1. The van der Waals surface area contributed by atoms with Gasteiger partial charge in [0.15, 0.2) is 23.0 Å². The van der Waals surface area contributed by atoms with Crippen molar-refractivity contribution in [1.82, 2.24) is 20.5 Å². The number of piperidine rings is 1. The molecule has 5 rings (SSSR count). The van der Waals surface area contributed by atoms with E-state index in [-0.39, 0.29) is 46.6 Å². The maximum atomic E-state index is 13.5. The molecule has 2 aromatic rings. The summed E-state index contributed by atoms with van der Waals surface area (Å²) in [6.45, 7) is 5.90. The zero-order valence-corrected chi connectivity index (χ0v) is 26.2. The summed E-state index contributed by atoms with van der Waals surface area (Å²) >= 11 is 0. The average Bonchev–Trinajstić information content (AvgIpc) is 3.92. The fourth-order valence-corrected chi connectivity index (χ4v) is 5.17. The molecule has 11 nitrogen and oxygen atoms in total. The summed E-state index contributed by atoms with van der Waals surface area (Å²) in [4.78, 5) is 44.8. The molecule has 13 heteroatoms. The second kappa shape index (κ2) is 13.6. The third-order valence-corrected chi connectivity index (χ3v) is 7.98. The molecule has 3 aliphatic rings. The number of rotatable bonds is 12. The lowest BCUT2D eigenvalue weighted by Gasteiger charge is -2.32. The van der Waals surface area contributed by atoms with Crippen LogP contribution in [-0.4, -0.2) is 66.2 Å². The monoisotopic (exact) mass is 632 g/mol. The summed E-state index contributed by atoms with van der Waals surface area (Å²) in [5, 5.41) is 5.63. The van der Waals surface area contributed by atoms with E-state index in [0.717, 1.165) is 38.5 Å². The Balaban J connectivity index is 1.33. The van der Waals surface area contributed by atoms with Crippen molar-refractivity contribution in [2.45, 2.75) is 84.5 Å². The summed E-state index contributed by atoms with van der Waals surface area (Å²) in [5.41, 5.74) is -0.392. The Hall–Kier alpha value is -3.90. The molecule has 0 radical (unpaired) electrons. The lowest BCUT2D eigenvalue weighted by Crippen LogP contribution is -2.42. The van der Waals surface area contributed by atoms with Crippen molar-refractivity contribution in [3.8, 4) is 23.0 Å². The highest BCUT2D eigenvalue weighted by molar-refractivity contribution is 5.94. The van der Waals surface area contributed by atoms with E-state index >= 15 is 0 Å². The Morgan fingerprint density at radius 1 is 1.04 bits per heavy atom. The Bertz CT molecular complexity index is 1380. The molecule has 1 aromatic carbocycles. The van der Waals surface area contributed by atoms with Gasteiger partial charge in [-0.3, -0.25) is 9.59 Å². The van der Waals surface area contributed by atoms with Gasteiger partial charge < -0.3 is 34.2 Å². The summed E-state index contributed by atoms with van der Waals surface area (Å²) < 4.78 is 48.0. The van der Waals surface area contributed by atoms with Gasteiger partial charge in [-0.2, -0.15) is 8.78 Å². The number of carbonyl (C=O) groups is 3. The predicted molar refractivity (Wildman–Crippen MR) is 159 cm³/mol. The van der Waals surface area contributed by atoms with Crippen LogP contribution in [0.4, 0.5) is 13.6 Å². The van der Waals surface area contributed by atoms with E-state index in [4.69, 9.17) is 13.9 Å². The molecule has 246 valence electrons. The molecule has 2 aliphatic carbocycles. The Labute approximate surface area is 261 Å². The average molecular weight is 633 g/mol. The summed E-state index contributed by atoms with van der Waals surface area (Å²) in [6.07, 6.45) is 4.82. The first-order chi connectivity index (χ1) is 21.4.